The summed E-state index contributed by atoms with van der Waals surface area (Å²) in [4.78, 5) is 14.9. The Kier molecular flexibility index (Phi) is 4.21. The minimum atomic E-state index is -0.943. The maximum atomic E-state index is 10.8. The summed E-state index contributed by atoms with van der Waals surface area (Å²) in [6.45, 7) is 9.96. The van der Waals surface area contributed by atoms with Gasteiger partial charge in [-0.3, -0.25) is 0 Å². The van der Waals surface area contributed by atoms with Gasteiger partial charge in [0.25, 0.3) is 0 Å². The van der Waals surface area contributed by atoms with E-state index in [4.69, 9.17) is 5.11 Å². The lowest BCUT2D eigenvalue weighted by Gasteiger charge is -2.45. The van der Waals surface area contributed by atoms with Gasteiger partial charge in [-0.05, 0) is 30.1 Å². The van der Waals surface area contributed by atoms with Gasteiger partial charge in [0.05, 0.1) is 5.69 Å². The van der Waals surface area contributed by atoms with E-state index in [0.717, 1.165) is 18.5 Å². The van der Waals surface area contributed by atoms with Crippen LogP contribution in [0.25, 0.3) is 0 Å². The molecule has 5 heteroatoms. The van der Waals surface area contributed by atoms with Crippen molar-refractivity contribution in [2.24, 2.45) is 10.8 Å². The van der Waals surface area contributed by atoms with E-state index in [2.05, 4.69) is 38.0 Å². The van der Waals surface area contributed by atoms with Crippen molar-refractivity contribution in [2.45, 2.75) is 59.5 Å². The third kappa shape index (κ3) is 4.03. The van der Waals surface area contributed by atoms with Crippen molar-refractivity contribution in [3.63, 3.8) is 0 Å². The molecule has 0 atom stereocenters. The number of thiazole rings is 1. The Labute approximate surface area is 124 Å². The highest BCUT2D eigenvalue weighted by Gasteiger charge is 2.38. The number of nitrogens with one attached hydrogen (secondary N) is 1. The topological polar surface area (TPSA) is 62.2 Å². The largest absolute Gasteiger partial charge is 0.476 e. The Hall–Kier alpha value is -0.940. The Balaban J connectivity index is 1.94. The molecule has 2 N–H and O–H groups in total. The normalized spacial score (nSPS) is 21.8. The second-order valence-electron chi connectivity index (χ2n) is 7.44. The number of hydrogen-bond donors (Lipinski definition) is 2. The van der Waals surface area contributed by atoms with Crippen molar-refractivity contribution >= 4 is 17.3 Å². The predicted octanol–water partition coefficient (Wildman–Crippen LogP) is 3.54. The van der Waals surface area contributed by atoms with Crippen LogP contribution >= 0.6 is 11.3 Å². The molecular formula is C15H24N2O2S. The summed E-state index contributed by atoms with van der Waals surface area (Å²) in [5.41, 5.74) is 1.54. The van der Waals surface area contributed by atoms with E-state index in [0.29, 0.717) is 23.4 Å². The van der Waals surface area contributed by atoms with Crippen molar-refractivity contribution in [1.82, 2.24) is 10.3 Å². The first-order chi connectivity index (χ1) is 9.17. The Morgan fingerprint density at radius 2 is 2.00 bits per heavy atom. The fraction of sp³-hybridized carbons (Fsp3) is 0.733. The standard InChI is InChI=1S/C15H24N2O2S/c1-14(2)5-10(6-15(3,4)9-14)16-7-11-8-20-12(17-11)13(18)19/h8,10,16H,5-7,9H2,1-4H3,(H,18,19). The molecule has 1 heterocycles. The van der Waals surface area contributed by atoms with Crippen LogP contribution in [0.15, 0.2) is 5.38 Å². The van der Waals surface area contributed by atoms with Gasteiger partial charge >= 0.3 is 5.97 Å². The summed E-state index contributed by atoms with van der Waals surface area (Å²) in [6.07, 6.45) is 3.57. The second kappa shape index (κ2) is 5.45. The van der Waals surface area contributed by atoms with Gasteiger partial charge in [-0.2, -0.15) is 0 Å². The summed E-state index contributed by atoms with van der Waals surface area (Å²) in [7, 11) is 0. The summed E-state index contributed by atoms with van der Waals surface area (Å²) in [5.74, 6) is -0.943. The number of nitrogens with zero attached hydrogens (tertiary/aromatic N) is 1. The minimum absolute atomic E-state index is 0.172. The summed E-state index contributed by atoms with van der Waals surface area (Å²) < 4.78 is 0. The van der Waals surface area contributed by atoms with Crippen LogP contribution in [0, 0.1) is 10.8 Å². The first-order valence-corrected chi connectivity index (χ1v) is 7.96. The molecule has 20 heavy (non-hydrogen) atoms. The van der Waals surface area contributed by atoms with Gasteiger partial charge in [0.1, 0.15) is 0 Å². The van der Waals surface area contributed by atoms with Crippen molar-refractivity contribution in [2.75, 3.05) is 0 Å². The average Bonchev–Trinajstić information content (AvgIpc) is 2.70. The molecule has 0 bridgehead atoms. The lowest BCUT2D eigenvalue weighted by molar-refractivity contribution is 0.0696. The number of hydrogen-bond acceptors (Lipinski definition) is 4. The molecule has 1 aromatic rings. The quantitative estimate of drug-likeness (QED) is 0.892. The van der Waals surface area contributed by atoms with Crippen LogP contribution in [0.5, 0.6) is 0 Å². The third-order valence-corrected chi connectivity index (χ3v) is 4.74. The first kappa shape index (κ1) is 15.4. The number of carboxylic acids is 1. The van der Waals surface area contributed by atoms with Gasteiger partial charge in [-0.1, -0.05) is 27.7 Å². The zero-order chi connectivity index (χ0) is 15.0. The Morgan fingerprint density at radius 1 is 1.40 bits per heavy atom. The molecule has 112 valence electrons. The van der Waals surface area contributed by atoms with Crippen LogP contribution in [-0.2, 0) is 6.54 Å². The van der Waals surface area contributed by atoms with Crippen LogP contribution in [0.2, 0.25) is 0 Å². The smallest absolute Gasteiger partial charge is 0.365 e. The monoisotopic (exact) mass is 296 g/mol. The lowest BCUT2D eigenvalue weighted by Crippen LogP contribution is -2.43. The molecule has 0 spiro atoms. The van der Waals surface area contributed by atoms with E-state index in [1.807, 2.05) is 5.38 Å². The lowest BCUT2D eigenvalue weighted by atomic mass is 9.63. The van der Waals surface area contributed by atoms with Crippen LogP contribution < -0.4 is 5.32 Å². The Bertz CT molecular complexity index is 478. The minimum Gasteiger partial charge on any atom is -0.476 e. The molecule has 2 rings (SSSR count). The highest BCUT2D eigenvalue weighted by molar-refractivity contribution is 7.11. The first-order valence-electron chi connectivity index (χ1n) is 7.08. The molecule has 1 aliphatic rings. The fourth-order valence-corrected chi connectivity index (χ4v) is 4.38. The number of carbonyl (C=O) groups is 1. The van der Waals surface area contributed by atoms with E-state index < -0.39 is 5.97 Å². The van der Waals surface area contributed by atoms with Crippen LogP contribution in [0.1, 0.15) is 62.5 Å². The predicted molar refractivity (Wildman–Crippen MR) is 81.1 cm³/mol. The summed E-state index contributed by atoms with van der Waals surface area (Å²) >= 11 is 1.19. The zero-order valence-electron chi connectivity index (χ0n) is 12.7. The molecule has 0 unspecified atom stereocenters. The molecule has 1 saturated carbocycles. The van der Waals surface area contributed by atoms with Crippen LogP contribution in [-0.4, -0.2) is 22.1 Å². The molecule has 0 amide bonds. The van der Waals surface area contributed by atoms with E-state index in [-0.39, 0.29) is 5.01 Å². The molecule has 4 nitrogen and oxygen atoms in total. The van der Waals surface area contributed by atoms with Gasteiger partial charge in [0.2, 0.25) is 5.01 Å². The summed E-state index contributed by atoms with van der Waals surface area (Å²) in [5, 5.41) is 14.4. The highest BCUT2D eigenvalue weighted by atomic mass is 32.1. The maximum absolute atomic E-state index is 10.8. The SMILES string of the molecule is CC1(C)CC(NCc2csc(C(=O)O)n2)CC(C)(C)C1. The van der Waals surface area contributed by atoms with E-state index >= 15 is 0 Å². The number of aromatic carboxylic acids is 1. The molecule has 0 aromatic carbocycles. The van der Waals surface area contributed by atoms with Crippen LogP contribution in [0.4, 0.5) is 0 Å². The van der Waals surface area contributed by atoms with Gasteiger partial charge in [0.15, 0.2) is 0 Å². The molecule has 1 aliphatic carbocycles. The van der Waals surface area contributed by atoms with Crippen molar-refractivity contribution in [1.29, 1.82) is 0 Å². The fourth-order valence-electron chi connectivity index (χ4n) is 3.73. The van der Waals surface area contributed by atoms with E-state index in [9.17, 15) is 4.79 Å². The van der Waals surface area contributed by atoms with E-state index in [1.54, 1.807) is 0 Å². The Morgan fingerprint density at radius 3 is 2.50 bits per heavy atom. The van der Waals surface area contributed by atoms with Crippen molar-refractivity contribution < 1.29 is 9.90 Å². The average molecular weight is 296 g/mol. The van der Waals surface area contributed by atoms with Gasteiger partial charge < -0.3 is 10.4 Å². The zero-order valence-corrected chi connectivity index (χ0v) is 13.5. The van der Waals surface area contributed by atoms with Gasteiger partial charge in [-0.25, -0.2) is 9.78 Å². The maximum Gasteiger partial charge on any atom is 0.365 e. The van der Waals surface area contributed by atoms with Crippen molar-refractivity contribution in [3.05, 3.63) is 16.1 Å². The molecule has 0 aliphatic heterocycles. The van der Waals surface area contributed by atoms with Crippen LogP contribution in [0.3, 0.4) is 0 Å². The summed E-state index contributed by atoms with van der Waals surface area (Å²) in [6, 6.07) is 0.476. The molecule has 0 saturated heterocycles. The molecular weight excluding hydrogens is 272 g/mol. The van der Waals surface area contributed by atoms with Crippen molar-refractivity contribution in [3.8, 4) is 0 Å². The van der Waals surface area contributed by atoms with E-state index in [1.165, 1.54) is 17.8 Å². The third-order valence-electron chi connectivity index (χ3n) is 3.86. The van der Waals surface area contributed by atoms with Gasteiger partial charge in [0, 0.05) is 18.0 Å². The van der Waals surface area contributed by atoms with Gasteiger partial charge in [-0.15, -0.1) is 11.3 Å². The number of aromatic nitrogens is 1. The number of rotatable bonds is 4. The number of carboxylic acid groups (broad SMARTS) is 1. The molecule has 0 radical (unpaired) electrons. The second-order valence-corrected chi connectivity index (χ2v) is 8.30. The highest BCUT2D eigenvalue weighted by Crippen LogP contribution is 2.45. The molecule has 1 aromatic heterocycles. The molecule has 1 fully saturated rings.